The third kappa shape index (κ3) is 4.03. The zero-order chi connectivity index (χ0) is 15.7. The Balaban J connectivity index is 2.04. The fourth-order valence-electron chi connectivity index (χ4n) is 2.15. The van der Waals surface area contributed by atoms with Gasteiger partial charge in [-0.05, 0) is 36.5 Å². The predicted octanol–water partition coefficient (Wildman–Crippen LogP) is 3.80. The van der Waals surface area contributed by atoms with Gasteiger partial charge < -0.3 is 16.3 Å². The van der Waals surface area contributed by atoms with Crippen LogP contribution >= 0.6 is 15.9 Å². The van der Waals surface area contributed by atoms with Gasteiger partial charge in [0.25, 0.3) is 0 Å². The summed E-state index contributed by atoms with van der Waals surface area (Å²) in [4.78, 5) is 0. The molecule has 0 heterocycles. The van der Waals surface area contributed by atoms with Crippen molar-refractivity contribution in [3.8, 4) is 0 Å². The Bertz CT molecular complexity index is 556. The van der Waals surface area contributed by atoms with E-state index in [-0.39, 0.29) is 15.7 Å². The molecule has 0 aromatic heterocycles. The van der Waals surface area contributed by atoms with Crippen LogP contribution in [0.1, 0.15) is 24.8 Å². The van der Waals surface area contributed by atoms with Gasteiger partial charge in [-0.1, -0.05) is 21.1 Å². The molecule has 1 aromatic carbocycles. The van der Waals surface area contributed by atoms with Crippen LogP contribution in [-0.4, -0.2) is 17.6 Å². The summed E-state index contributed by atoms with van der Waals surface area (Å²) in [5.74, 6) is 0.140. The third-order valence-corrected chi connectivity index (χ3v) is 4.27. The molecule has 1 aliphatic carbocycles. The van der Waals surface area contributed by atoms with Crippen LogP contribution < -0.4 is 11.1 Å². The third-order valence-electron chi connectivity index (χ3n) is 3.58. The summed E-state index contributed by atoms with van der Waals surface area (Å²) >= 11 is 2.90. The van der Waals surface area contributed by atoms with E-state index in [4.69, 9.17) is 10.9 Å². The summed E-state index contributed by atoms with van der Waals surface area (Å²) < 4.78 is 38.5. The van der Waals surface area contributed by atoms with Gasteiger partial charge in [-0.3, -0.25) is 0 Å². The molecule has 1 fully saturated rings. The molecule has 0 radical (unpaired) electrons. The average Bonchev–Trinajstić information content (AvgIpc) is 3.16. The van der Waals surface area contributed by atoms with Crippen LogP contribution in [0.3, 0.4) is 0 Å². The molecule has 4 N–H and O–H groups in total. The first-order chi connectivity index (χ1) is 9.76. The van der Waals surface area contributed by atoms with Crippen molar-refractivity contribution in [2.75, 3.05) is 11.9 Å². The highest BCUT2D eigenvalue weighted by atomic mass is 79.9. The Morgan fingerprint density at radius 3 is 2.62 bits per heavy atom. The summed E-state index contributed by atoms with van der Waals surface area (Å²) in [6, 6.07) is 4.02. The number of anilines is 1. The smallest absolute Gasteiger partial charge is 0.409 e. The molecule has 8 heteroatoms. The fraction of sp³-hybridized carbons (Fsp3) is 0.462. The van der Waals surface area contributed by atoms with Gasteiger partial charge in [0.1, 0.15) is 5.84 Å². The first-order valence-electron chi connectivity index (χ1n) is 6.33. The molecule has 2 rings (SSSR count). The molecule has 0 aliphatic heterocycles. The number of nitrogens with one attached hydrogen (secondary N) is 1. The molecule has 0 spiro atoms. The summed E-state index contributed by atoms with van der Waals surface area (Å²) in [6.07, 6.45) is -2.17. The van der Waals surface area contributed by atoms with Gasteiger partial charge >= 0.3 is 6.18 Å². The van der Waals surface area contributed by atoms with E-state index >= 15 is 0 Å². The van der Waals surface area contributed by atoms with Crippen LogP contribution in [0.4, 0.5) is 18.9 Å². The lowest BCUT2D eigenvalue weighted by atomic mass is 10.0. The van der Waals surface area contributed by atoms with Crippen molar-refractivity contribution < 1.29 is 18.4 Å². The van der Waals surface area contributed by atoms with Crippen molar-refractivity contribution >= 4 is 27.5 Å². The zero-order valence-electron chi connectivity index (χ0n) is 11.0. The Morgan fingerprint density at radius 1 is 1.43 bits per heavy atom. The van der Waals surface area contributed by atoms with Crippen molar-refractivity contribution in [2.45, 2.75) is 25.4 Å². The number of nitrogens with two attached hydrogens (primary N) is 1. The molecule has 0 saturated heterocycles. The number of halogens is 4. The summed E-state index contributed by atoms with van der Waals surface area (Å²) in [7, 11) is 0. The van der Waals surface area contributed by atoms with Crippen LogP contribution in [0.15, 0.2) is 27.8 Å². The maximum Gasteiger partial charge on any atom is 0.417 e. The molecular weight excluding hydrogens is 351 g/mol. The van der Waals surface area contributed by atoms with Gasteiger partial charge in [0, 0.05) is 23.1 Å². The standard InChI is InChI=1S/C13H15BrF3N3O/c14-10-2-1-8(5-9(10)13(15,16)17)19-7-12(3-4-12)6-11(18)20-21/h1-2,5,19,21H,3-4,6-7H2,(H2,18,20). The largest absolute Gasteiger partial charge is 0.417 e. The molecular formula is C13H15BrF3N3O. The van der Waals surface area contributed by atoms with E-state index in [1.807, 2.05) is 0 Å². The van der Waals surface area contributed by atoms with E-state index in [1.165, 1.54) is 6.07 Å². The number of oxime groups is 1. The number of benzene rings is 1. The SMILES string of the molecule is NC(CC1(CNc2ccc(Br)c(C(F)(F)F)c2)CC1)=NO. The molecule has 4 nitrogen and oxygen atoms in total. The predicted molar refractivity (Wildman–Crippen MR) is 77.3 cm³/mol. The number of hydrogen-bond acceptors (Lipinski definition) is 3. The van der Waals surface area contributed by atoms with Crippen LogP contribution in [0.5, 0.6) is 0 Å². The van der Waals surface area contributed by atoms with Gasteiger partial charge in [0.05, 0.1) is 5.56 Å². The average molecular weight is 366 g/mol. The van der Waals surface area contributed by atoms with Crippen LogP contribution in [0.2, 0.25) is 0 Å². The summed E-state index contributed by atoms with van der Waals surface area (Å²) in [5, 5.41) is 14.5. The maximum atomic E-state index is 12.8. The highest BCUT2D eigenvalue weighted by Crippen LogP contribution is 2.49. The number of hydrogen-bond donors (Lipinski definition) is 3. The van der Waals surface area contributed by atoms with Gasteiger partial charge in [0.15, 0.2) is 0 Å². The highest BCUT2D eigenvalue weighted by molar-refractivity contribution is 9.10. The Morgan fingerprint density at radius 2 is 2.10 bits per heavy atom. The van der Waals surface area contributed by atoms with E-state index in [2.05, 4.69) is 26.4 Å². The minimum Gasteiger partial charge on any atom is -0.409 e. The number of nitrogens with zero attached hydrogens (tertiary/aromatic N) is 1. The second-order valence-corrected chi connectivity index (χ2v) is 6.17. The molecule has 1 saturated carbocycles. The topological polar surface area (TPSA) is 70.6 Å². The molecule has 116 valence electrons. The molecule has 1 aromatic rings. The van der Waals surface area contributed by atoms with Crippen molar-refractivity contribution in [3.05, 3.63) is 28.2 Å². The first-order valence-corrected chi connectivity index (χ1v) is 7.12. The zero-order valence-corrected chi connectivity index (χ0v) is 12.6. The maximum absolute atomic E-state index is 12.8. The lowest BCUT2D eigenvalue weighted by molar-refractivity contribution is -0.138. The molecule has 0 unspecified atom stereocenters. The van der Waals surface area contributed by atoms with E-state index in [1.54, 1.807) is 6.07 Å². The molecule has 0 atom stereocenters. The lowest BCUT2D eigenvalue weighted by Gasteiger charge is -2.17. The number of alkyl halides is 3. The van der Waals surface area contributed by atoms with Crippen molar-refractivity contribution in [1.82, 2.24) is 0 Å². The Kier molecular flexibility index (Phi) is 4.36. The van der Waals surface area contributed by atoms with Gasteiger partial charge in [0.2, 0.25) is 0 Å². The number of rotatable bonds is 5. The van der Waals surface area contributed by atoms with Gasteiger partial charge in [-0.2, -0.15) is 13.2 Å². The Labute approximate surface area is 128 Å². The van der Waals surface area contributed by atoms with Crippen LogP contribution in [0, 0.1) is 5.41 Å². The first kappa shape index (κ1) is 15.9. The van der Waals surface area contributed by atoms with Crippen molar-refractivity contribution in [2.24, 2.45) is 16.3 Å². The number of amidine groups is 1. The minimum atomic E-state index is -4.40. The van der Waals surface area contributed by atoms with Gasteiger partial charge in [-0.25, -0.2) is 0 Å². The van der Waals surface area contributed by atoms with E-state index in [0.29, 0.717) is 18.7 Å². The molecule has 0 bridgehead atoms. The molecule has 1 aliphatic rings. The van der Waals surface area contributed by atoms with Crippen LogP contribution in [-0.2, 0) is 6.18 Å². The summed E-state index contributed by atoms with van der Waals surface area (Å²) in [5.41, 5.74) is 5.05. The normalized spacial score (nSPS) is 17.6. The van der Waals surface area contributed by atoms with Crippen molar-refractivity contribution in [3.63, 3.8) is 0 Å². The van der Waals surface area contributed by atoms with Crippen LogP contribution in [0.25, 0.3) is 0 Å². The monoisotopic (exact) mass is 365 g/mol. The Hall–Kier alpha value is -1.44. The fourth-order valence-corrected chi connectivity index (χ4v) is 2.63. The van der Waals surface area contributed by atoms with E-state index in [0.717, 1.165) is 18.9 Å². The van der Waals surface area contributed by atoms with Crippen molar-refractivity contribution in [1.29, 1.82) is 0 Å². The molecule has 21 heavy (non-hydrogen) atoms. The second kappa shape index (κ2) is 5.75. The van der Waals surface area contributed by atoms with E-state index < -0.39 is 11.7 Å². The van der Waals surface area contributed by atoms with Gasteiger partial charge in [-0.15, -0.1) is 0 Å². The second-order valence-electron chi connectivity index (χ2n) is 5.31. The summed E-state index contributed by atoms with van der Waals surface area (Å²) in [6.45, 7) is 0.488. The van der Waals surface area contributed by atoms with E-state index in [9.17, 15) is 13.2 Å². The lowest BCUT2D eigenvalue weighted by Crippen LogP contribution is -2.23. The molecule has 0 amide bonds. The minimum absolute atomic E-state index is 0.0124. The highest BCUT2D eigenvalue weighted by Gasteiger charge is 2.43. The quantitative estimate of drug-likeness (QED) is 0.321.